The average molecular weight is 192 g/mol. The normalized spacial score (nSPS) is 12.1. The smallest absolute Gasteiger partial charge is 0.119 e. The van der Waals surface area contributed by atoms with Gasteiger partial charge in [-0.3, -0.25) is 5.41 Å². The summed E-state index contributed by atoms with van der Waals surface area (Å²) in [5.74, 6) is 0.990. The van der Waals surface area contributed by atoms with Gasteiger partial charge in [-0.05, 0) is 31.5 Å². The summed E-state index contributed by atoms with van der Waals surface area (Å²) in [6.07, 6.45) is 0.419. The van der Waals surface area contributed by atoms with Crippen molar-refractivity contribution < 1.29 is 4.74 Å². The van der Waals surface area contributed by atoms with E-state index in [-0.39, 0.29) is 11.9 Å². The molecule has 3 nitrogen and oxygen atoms in total. The van der Waals surface area contributed by atoms with Gasteiger partial charge < -0.3 is 10.5 Å². The van der Waals surface area contributed by atoms with Gasteiger partial charge in [0.05, 0.1) is 5.84 Å². The van der Waals surface area contributed by atoms with E-state index in [1.54, 1.807) is 0 Å². The van der Waals surface area contributed by atoms with Crippen molar-refractivity contribution >= 4 is 5.84 Å². The Morgan fingerprint density at radius 1 is 1.57 bits per heavy atom. The molecule has 3 N–H and O–H groups in total. The van der Waals surface area contributed by atoms with Gasteiger partial charge in [0.25, 0.3) is 0 Å². The molecule has 1 unspecified atom stereocenters. The summed E-state index contributed by atoms with van der Waals surface area (Å²) in [6, 6.07) is 7.84. The Hall–Kier alpha value is -1.51. The van der Waals surface area contributed by atoms with Crippen molar-refractivity contribution in [2.45, 2.75) is 26.4 Å². The van der Waals surface area contributed by atoms with Crippen molar-refractivity contribution in [2.24, 2.45) is 5.73 Å². The van der Waals surface area contributed by atoms with Crippen LogP contribution in [0.1, 0.15) is 18.9 Å². The quantitative estimate of drug-likeness (QED) is 0.567. The van der Waals surface area contributed by atoms with E-state index in [1.807, 2.05) is 38.1 Å². The first-order valence-corrected chi connectivity index (χ1v) is 4.64. The maximum atomic E-state index is 7.13. The maximum absolute atomic E-state index is 7.13. The monoisotopic (exact) mass is 192 g/mol. The van der Waals surface area contributed by atoms with Gasteiger partial charge in [0.15, 0.2) is 0 Å². The molecule has 0 bridgehead atoms. The van der Waals surface area contributed by atoms with Crippen LogP contribution >= 0.6 is 0 Å². The first-order valence-electron chi connectivity index (χ1n) is 4.64. The standard InChI is InChI=1S/C11H16N2O/c1-8-4-3-5-10(6-8)14-9(2)7-11(12)13/h3-6,9H,7H2,1-2H3,(H3,12,13). The number of nitrogens with one attached hydrogen (secondary N) is 1. The largest absolute Gasteiger partial charge is 0.490 e. The molecule has 1 aromatic carbocycles. The van der Waals surface area contributed by atoms with Crippen molar-refractivity contribution in [3.8, 4) is 5.75 Å². The average Bonchev–Trinajstić information content (AvgIpc) is 2.01. The fourth-order valence-electron chi connectivity index (χ4n) is 1.27. The Morgan fingerprint density at radius 3 is 2.86 bits per heavy atom. The van der Waals surface area contributed by atoms with E-state index >= 15 is 0 Å². The predicted molar refractivity (Wildman–Crippen MR) is 57.8 cm³/mol. The molecular weight excluding hydrogens is 176 g/mol. The van der Waals surface area contributed by atoms with E-state index < -0.39 is 0 Å². The molecule has 0 heterocycles. The lowest BCUT2D eigenvalue weighted by atomic mass is 10.2. The number of hydrogen-bond acceptors (Lipinski definition) is 2. The second-order valence-electron chi connectivity index (χ2n) is 3.47. The highest BCUT2D eigenvalue weighted by Crippen LogP contribution is 2.14. The molecule has 0 aliphatic rings. The molecule has 1 rings (SSSR count). The molecule has 0 fully saturated rings. The van der Waals surface area contributed by atoms with Crippen LogP contribution in [0.5, 0.6) is 5.75 Å². The third kappa shape index (κ3) is 3.47. The van der Waals surface area contributed by atoms with Gasteiger partial charge in [-0.25, -0.2) is 0 Å². The molecule has 0 saturated carbocycles. The second-order valence-corrected chi connectivity index (χ2v) is 3.47. The third-order valence-electron chi connectivity index (χ3n) is 1.83. The number of hydrogen-bond donors (Lipinski definition) is 2. The fourth-order valence-corrected chi connectivity index (χ4v) is 1.27. The Kier molecular flexibility index (Phi) is 3.51. The first-order chi connectivity index (χ1) is 6.58. The van der Waals surface area contributed by atoms with E-state index in [4.69, 9.17) is 15.9 Å². The summed E-state index contributed by atoms with van der Waals surface area (Å²) >= 11 is 0. The molecule has 0 aromatic heterocycles. The van der Waals surface area contributed by atoms with Crippen LogP contribution in [0.15, 0.2) is 24.3 Å². The lowest BCUT2D eigenvalue weighted by molar-refractivity contribution is 0.229. The van der Waals surface area contributed by atoms with Gasteiger partial charge in [-0.1, -0.05) is 12.1 Å². The Balaban J connectivity index is 2.55. The molecule has 14 heavy (non-hydrogen) atoms. The van der Waals surface area contributed by atoms with Gasteiger partial charge in [0.2, 0.25) is 0 Å². The molecule has 1 aromatic rings. The van der Waals surface area contributed by atoms with E-state index in [0.29, 0.717) is 6.42 Å². The van der Waals surface area contributed by atoms with Crippen molar-refractivity contribution in [3.05, 3.63) is 29.8 Å². The van der Waals surface area contributed by atoms with Crippen LogP contribution in [0.2, 0.25) is 0 Å². The molecule has 1 atom stereocenters. The van der Waals surface area contributed by atoms with Crippen LogP contribution in [0.4, 0.5) is 0 Å². The molecule has 0 spiro atoms. The number of benzene rings is 1. The molecule has 0 aliphatic heterocycles. The summed E-state index contributed by atoms with van der Waals surface area (Å²) in [5, 5.41) is 7.13. The van der Waals surface area contributed by atoms with Gasteiger partial charge >= 0.3 is 0 Å². The summed E-state index contributed by atoms with van der Waals surface area (Å²) in [5.41, 5.74) is 6.44. The summed E-state index contributed by atoms with van der Waals surface area (Å²) in [6.45, 7) is 3.92. The highest BCUT2D eigenvalue weighted by molar-refractivity contribution is 5.77. The summed E-state index contributed by atoms with van der Waals surface area (Å²) in [7, 11) is 0. The SMILES string of the molecule is Cc1cccc(OC(C)CC(=N)N)c1. The number of ether oxygens (including phenoxy) is 1. The van der Waals surface area contributed by atoms with Crippen LogP contribution in [-0.2, 0) is 0 Å². The van der Waals surface area contributed by atoms with Gasteiger partial charge in [0, 0.05) is 6.42 Å². The highest BCUT2D eigenvalue weighted by atomic mass is 16.5. The summed E-state index contributed by atoms with van der Waals surface area (Å²) < 4.78 is 5.59. The molecular formula is C11H16N2O. The van der Waals surface area contributed by atoms with E-state index in [1.165, 1.54) is 0 Å². The minimum Gasteiger partial charge on any atom is -0.490 e. The topological polar surface area (TPSA) is 59.1 Å². The molecule has 0 radical (unpaired) electrons. The Labute approximate surface area is 84.4 Å². The van der Waals surface area contributed by atoms with Crippen LogP contribution in [-0.4, -0.2) is 11.9 Å². The van der Waals surface area contributed by atoms with Crippen molar-refractivity contribution in [2.75, 3.05) is 0 Å². The molecule has 0 aliphatic carbocycles. The molecule has 0 amide bonds. The first kappa shape index (κ1) is 10.6. The molecule has 76 valence electrons. The fraction of sp³-hybridized carbons (Fsp3) is 0.364. The minimum absolute atomic E-state index is 0.0469. The van der Waals surface area contributed by atoms with E-state index in [2.05, 4.69) is 0 Å². The predicted octanol–water partition coefficient (Wildman–Crippen LogP) is 2.09. The summed E-state index contributed by atoms with van der Waals surface area (Å²) in [4.78, 5) is 0. The Bertz CT molecular complexity index is 323. The van der Waals surface area contributed by atoms with Crippen molar-refractivity contribution in [1.29, 1.82) is 5.41 Å². The lowest BCUT2D eigenvalue weighted by Gasteiger charge is -2.13. The maximum Gasteiger partial charge on any atom is 0.119 e. The number of amidine groups is 1. The number of aryl methyl sites for hydroxylation is 1. The van der Waals surface area contributed by atoms with Crippen LogP contribution in [0.3, 0.4) is 0 Å². The molecule has 0 saturated heterocycles. The van der Waals surface area contributed by atoms with Crippen molar-refractivity contribution in [1.82, 2.24) is 0 Å². The zero-order chi connectivity index (χ0) is 10.6. The van der Waals surface area contributed by atoms with Crippen LogP contribution in [0.25, 0.3) is 0 Å². The number of nitrogens with two attached hydrogens (primary N) is 1. The lowest BCUT2D eigenvalue weighted by Crippen LogP contribution is -2.21. The van der Waals surface area contributed by atoms with E-state index in [0.717, 1.165) is 11.3 Å². The second kappa shape index (κ2) is 4.65. The van der Waals surface area contributed by atoms with Crippen LogP contribution in [0, 0.1) is 12.3 Å². The van der Waals surface area contributed by atoms with Gasteiger partial charge in [-0.15, -0.1) is 0 Å². The minimum atomic E-state index is -0.0469. The molecule has 3 heteroatoms. The zero-order valence-corrected chi connectivity index (χ0v) is 8.58. The third-order valence-corrected chi connectivity index (χ3v) is 1.83. The number of rotatable bonds is 4. The van der Waals surface area contributed by atoms with Gasteiger partial charge in [-0.2, -0.15) is 0 Å². The van der Waals surface area contributed by atoms with E-state index in [9.17, 15) is 0 Å². The van der Waals surface area contributed by atoms with Gasteiger partial charge in [0.1, 0.15) is 11.9 Å². The Morgan fingerprint density at radius 2 is 2.29 bits per heavy atom. The van der Waals surface area contributed by atoms with Crippen molar-refractivity contribution in [3.63, 3.8) is 0 Å². The zero-order valence-electron chi connectivity index (χ0n) is 8.58. The van der Waals surface area contributed by atoms with Crippen LogP contribution < -0.4 is 10.5 Å². The highest BCUT2D eigenvalue weighted by Gasteiger charge is 2.05.